The average Bonchev–Trinajstić information content (AvgIpc) is 2.81. The number of hydrogen-bond donors (Lipinski definition) is 2. The molecule has 174 valence electrons. The molecule has 6 nitrogen and oxygen atoms in total. The molecule has 0 saturated carbocycles. The van der Waals surface area contributed by atoms with Gasteiger partial charge < -0.3 is 10.1 Å². The minimum absolute atomic E-state index is 0.139. The van der Waals surface area contributed by atoms with Crippen molar-refractivity contribution in [1.29, 1.82) is 0 Å². The number of unbranched alkanes of at least 4 members (excludes halogenated alkanes) is 1. The highest BCUT2D eigenvalue weighted by Crippen LogP contribution is 2.25. The minimum Gasteiger partial charge on any atom is -0.493 e. The number of ether oxygens (including phenoxy) is 1. The molecule has 0 aliphatic carbocycles. The van der Waals surface area contributed by atoms with E-state index in [4.69, 9.17) is 4.74 Å². The van der Waals surface area contributed by atoms with Crippen LogP contribution < -0.4 is 14.8 Å². The van der Waals surface area contributed by atoms with Crippen LogP contribution in [-0.4, -0.2) is 27.5 Å². The van der Waals surface area contributed by atoms with Gasteiger partial charge in [-0.25, -0.2) is 13.1 Å². The second kappa shape index (κ2) is 12.0. The number of rotatable bonds is 11. The maximum absolute atomic E-state index is 12.8. The lowest BCUT2D eigenvalue weighted by atomic mass is 10.2. The highest BCUT2D eigenvalue weighted by atomic mass is 79.9. The molecule has 0 unspecified atom stereocenters. The van der Waals surface area contributed by atoms with Crippen molar-refractivity contribution in [1.82, 2.24) is 4.72 Å². The number of nitrogens with one attached hydrogen (secondary N) is 2. The summed E-state index contributed by atoms with van der Waals surface area (Å²) < 4.78 is 34.3. The van der Waals surface area contributed by atoms with Gasteiger partial charge in [-0.05, 0) is 60.9 Å². The molecule has 3 aromatic carbocycles. The zero-order chi connectivity index (χ0) is 23.7. The number of anilines is 1. The van der Waals surface area contributed by atoms with Crippen molar-refractivity contribution < 1.29 is 17.9 Å². The molecule has 3 rings (SSSR count). The summed E-state index contributed by atoms with van der Waals surface area (Å²) in [7, 11) is -3.64. The lowest BCUT2D eigenvalue weighted by Gasteiger charge is -2.13. The van der Waals surface area contributed by atoms with Gasteiger partial charge in [0.15, 0.2) is 0 Å². The summed E-state index contributed by atoms with van der Waals surface area (Å²) in [6.07, 6.45) is 2.49. The summed E-state index contributed by atoms with van der Waals surface area (Å²) in [6, 6.07) is 21.0. The van der Waals surface area contributed by atoms with Crippen LogP contribution in [0.5, 0.6) is 5.75 Å². The molecule has 3 aromatic rings. The summed E-state index contributed by atoms with van der Waals surface area (Å²) in [5, 5.41) is 2.80. The molecule has 0 spiro atoms. The van der Waals surface area contributed by atoms with Crippen molar-refractivity contribution in [2.75, 3.05) is 18.5 Å². The monoisotopic (exact) mass is 530 g/mol. The van der Waals surface area contributed by atoms with Crippen LogP contribution in [-0.2, 0) is 16.4 Å². The minimum atomic E-state index is -3.64. The highest BCUT2D eigenvalue weighted by Gasteiger charge is 2.16. The third-order valence-corrected chi connectivity index (χ3v) is 6.88. The quantitative estimate of drug-likeness (QED) is 0.325. The van der Waals surface area contributed by atoms with Crippen molar-refractivity contribution in [3.05, 3.63) is 88.4 Å². The summed E-state index contributed by atoms with van der Waals surface area (Å²) in [5.74, 6) is 0.172. The summed E-state index contributed by atoms with van der Waals surface area (Å²) in [4.78, 5) is 13.0. The molecule has 0 heterocycles. The van der Waals surface area contributed by atoms with Crippen molar-refractivity contribution in [3.63, 3.8) is 0 Å². The Morgan fingerprint density at radius 1 is 1.00 bits per heavy atom. The first kappa shape index (κ1) is 25.0. The maximum Gasteiger partial charge on any atom is 0.259 e. The predicted octanol–water partition coefficient (Wildman–Crippen LogP) is 5.40. The van der Waals surface area contributed by atoms with Crippen LogP contribution in [0.1, 0.15) is 35.7 Å². The van der Waals surface area contributed by atoms with Crippen LogP contribution in [0.25, 0.3) is 0 Å². The lowest BCUT2D eigenvalue weighted by Crippen LogP contribution is -2.26. The van der Waals surface area contributed by atoms with E-state index in [0.29, 0.717) is 36.6 Å². The van der Waals surface area contributed by atoms with Crippen LogP contribution in [0.15, 0.2) is 82.2 Å². The number of sulfonamides is 1. The highest BCUT2D eigenvalue weighted by molar-refractivity contribution is 9.10. The van der Waals surface area contributed by atoms with Gasteiger partial charge in [0.1, 0.15) is 5.75 Å². The lowest BCUT2D eigenvalue weighted by molar-refractivity contribution is 0.102. The molecule has 0 aliphatic rings. The normalized spacial score (nSPS) is 11.2. The number of hydrogen-bond acceptors (Lipinski definition) is 4. The molecular weight excluding hydrogens is 504 g/mol. The Morgan fingerprint density at radius 3 is 2.42 bits per heavy atom. The van der Waals surface area contributed by atoms with Gasteiger partial charge in [-0.2, -0.15) is 0 Å². The predicted molar refractivity (Wildman–Crippen MR) is 134 cm³/mol. The van der Waals surface area contributed by atoms with Gasteiger partial charge in [-0.15, -0.1) is 0 Å². The summed E-state index contributed by atoms with van der Waals surface area (Å²) in [5.41, 5.74) is 1.95. The van der Waals surface area contributed by atoms with Crippen LogP contribution in [0.3, 0.4) is 0 Å². The third-order valence-electron chi connectivity index (χ3n) is 4.91. The van der Waals surface area contributed by atoms with E-state index < -0.39 is 10.0 Å². The smallest absolute Gasteiger partial charge is 0.259 e. The van der Waals surface area contributed by atoms with Crippen molar-refractivity contribution in [2.24, 2.45) is 0 Å². The molecule has 0 radical (unpaired) electrons. The summed E-state index contributed by atoms with van der Waals surface area (Å²) in [6.45, 7) is 2.90. The van der Waals surface area contributed by atoms with Gasteiger partial charge >= 0.3 is 0 Å². The van der Waals surface area contributed by atoms with Crippen LogP contribution in [0.4, 0.5) is 5.69 Å². The first-order valence-corrected chi connectivity index (χ1v) is 13.0. The molecule has 0 fully saturated rings. The Bertz CT molecular complexity index is 1170. The molecule has 0 bridgehead atoms. The molecular formula is C25H27BrN2O4S. The average molecular weight is 531 g/mol. The van der Waals surface area contributed by atoms with Gasteiger partial charge in [-0.1, -0.05) is 59.6 Å². The number of benzene rings is 3. The van der Waals surface area contributed by atoms with Crippen LogP contribution >= 0.6 is 15.9 Å². The maximum atomic E-state index is 12.8. The van der Waals surface area contributed by atoms with Gasteiger partial charge in [0.2, 0.25) is 10.0 Å². The fraction of sp³-hybridized carbons (Fsp3) is 0.240. The van der Waals surface area contributed by atoms with Gasteiger partial charge in [0, 0.05) is 16.7 Å². The fourth-order valence-corrected chi connectivity index (χ4v) is 4.50. The van der Waals surface area contributed by atoms with Gasteiger partial charge in [-0.3, -0.25) is 4.79 Å². The van der Waals surface area contributed by atoms with E-state index in [9.17, 15) is 13.2 Å². The van der Waals surface area contributed by atoms with Crippen molar-refractivity contribution in [3.8, 4) is 5.75 Å². The van der Waals surface area contributed by atoms with Gasteiger partial charge in [0.05, 0.1) is 17.1 Å². The largest absolute Gasteiger partial charge is 0.493 e. The zero-order valence-electron chi connectivity index (χ0n) is 18.4. The van der Waals surface area contributed by atoms with Crippen LogP contribution in [0, 0.1) is 0 Å². The van der Waals surface area contributed by atoms with E-state index in [2.05, 4.69) is 32.9 Å². The summed E-state index contributed by atoms with van der Waals surface area (Å²) >= 11 is 3.39. The van der Waals surface area contributed by atoms with E-state index in [0.717, 1.165) is 22.9 Å². The SMILES string of the molecule is CCCCOc1ccc(Br)cc1C(=O)Nc1ccc(S(=O)(=O)NCCc2ccccc2)cc1. The molecule has 0 atom stereocenters. The van der Waals surface area contributed by atoms with E-state index in [1.54, 1.807) is 24.3 Å². The second-order valence-corrected chi connectivity index (χ2v) is 10.1. The molecule has 0 aliphatic heterocycles. The zero-order valence-corrected chi connectivity index (χ0v) is 20.8. The van der Waals surface area contributed by atoms with Crippen molar-refractivity contribution in [2.45, 2.75) is 31.1 Å². The topological polar surface area (TPSA) is 84.5 Å². The van der Waals surface area contributed by atoms with E-state index in [-0.39, 0.29) is 10.8 Å². The fourth-order valence-electron chi connectivity index (χ4n) is 3.11. The second-order valence-electron chi connectivity index (χ2n) is 7.45. The Balaban J connectivity index is 1.63. The molecule has 33 heavy (non-hydrogen) atoms. The first-order chi connectivity index (χ1) is 15.9. The van der Waals surface area contributed by atoms with E-state index >= 15 is 0 Å². The van der Waals surface area contributed by atoms with Crippen molar-refractivity contribution >= 4 is 37.5 Å². The number of carbonyl (C=O) groups excluding carboxylic acids is 1. The van der Waals surface area contributed by atoms with E-state index in [1.807, 2.05) is 36.4 Å². The molecule has 8 heteroatoms. The Hall–Kier alpha value is -2.68. The molecule has 0 saturated heterocycles. The number of carbonyl (C=O) groups is 1. The third kappa shape index (κ3) is 7.42. The Labute approximate surface area is 203 Å². The number of halogens is 1. The Kier molecular flexibility index (Phi) is 9.05. The Morgan fingerprint density at radius 2 is 1.73 bits per heavy atom. The standard InChI is InChI=1S/C25H27BrN2O4S/c1-2-3-17-32-24-14-9-20(26)18-23(24)25(29)28-21-10-12-22(13-11-21)33(30,31)27-16-15-19-7-5-4-6-8-19/h4-14,18,27H,2-3,15-17H2,1H3,(H,28,29). The van der Waals surface area contributed by atoms with Crippen LogP contribution in [0.2, 0.25) is 0 Å². The first-order valence-electron chi connectivity index (χ1n) is 10.8. The molecule has 1 amide bonds. The molecule has 0 aromatic heterocycles. The van der Waals surface area contributed by atoms with Gasteiger partial charge in [0.25, 0.3) is 5.91 Å². The molecule has 2 N–H and O–H groups in total. The number of amides is 1. The van der Waals surface area contributed by atoms with E-state index in [1.165, 1.54) is 12.1 Å².